The molecule has 3 atom stereocenters. The van der Waals surface area contributed by atoms with E-state index in [1.807, 2.05) is 18.2 Å². The predicted molar refractivity (Wildman–Crippen MR) is 133 cm³/mol. The monoisotopic (exact) mass is 482 g/mol. The lowest BCUT2D eigenvalue weighted by Crippen LogP contribution is -2.32. The molecule has 5 heterocycles. The Morgan fingerprint density at radius 2 is 2.03 bits per heavy atom. The molecule has 4 aromatic heterocycles. The van der Waals surface area contributed by atoms with Gasteiger partial charge in [-0.05, 0) is 42.0 Å². The Balaban J connectivity index is 1.19. The summed E-state index contributed by atoms with van der Waals surface area (Å²) in [5, 5.41) is 7.42. The zero-order chi connectivity index (χ0) is 24.4. The van der Waals surface area contributed by atoms with Crippen LogP contribution in [0.1, 0.15) is 12.0 Å². The third-order valence-electron chi connectivity index (χ3n) is 7.98. The molecule has 1 aliphatic carbocycles. The number of hydrogen-bond donors (Lipinski definition) is 2. The fourth-order valence-electron chi connectivity index (χ4n) is 6.15. The number of halogens is 1. The van der Waals surface area contributed by atoms with Gasteiger partial charge in [-0.3, -0.25) is 14.3 Å². The highest BCUT2D eigenvalue weighted by atomic mass is 19.1. The second-order valence-electron chi connectivity index (χ2n) is 9.60. The van der Waals surface area contributed by atoms with E-state index < -0.39 is 0 Å². The first kappa shape index (κ1) is 21.1. The summed E-state index contributed by atoms with van der Waals surface area (Å²) in [7, 11) is 0. The van der Waals surface area contributed by atoms with Crippen molar-refractivity contribution in [1.82, 2.24) is 29.5 Å². The standard InChI is InChI=1S/C26H23FN8O/c27-19-4-2-1-3-17(19)26(14-28)16-8-10-34(13-18(16)26)21-11-30-24-23(32-33-25(24)31-21)15-5-6-20-29-9-7-22(36)35(20)12-15/h1-7,9,11-12,16,18H,8,10,13-14,28H2,(H,31,32,33)/t16-,18+,26-/m1/s1. The minimum absolute atomic E-state index is 0.164. The molecule has 0 unspecified atom stereocenters. The van der Waals surface area contributed by atoms with Crippen molar-refractivity contribution in [3.8, 4) is 11.3 Å². The Kier molecular flexibility index (Phi) is 4.50. The molecule has 1 aliphatic heterocycles. The normalized spacial score (nSPS) is 23.2. The maximum absolute atomic E-state index is 14.7. The highest BCUT2D eigenvalue weighted by Crippen LogP contribution is 2.63. The molecule has 2 aliphatic rings. The summed E-state index contributed by atoms with van der Waals surface area (Å²) in [6.07, 6.45) is 5.88. The summed E-state index contributed by atoms with van der Waals surface area (Å²) in [6.45, 7) is 1.98. The maximum Gasteiger partial charge on any atom is 0.257 e. The van der Waals surface area contributed by atoms with Gasteiger partial charge in [0.15, 0.2) is 5.65 Å². The van der Waals surface area contributed by atoms with Gasteiger partial charge in [-0.1, -0.05) is 18.2 Å². The molecule has 5 aromatic rings. The molecule has 2 fully saturated rings. The quantitative estimate of drug-likeness (QED) is 0.404. The molecule has 36 heavy (non-hydrogen) atoms. The van der Waals surface area contributed by atoms with E-state index in [9.17, 15) is 9.18 Å². The highest BCUT2D eigenvalue weighted by Gasteiger charge is 2.66. The van der Waals surface area contributed by atoms with Crippen LogP contribution < -0.4 is 16.2 Å². The number of rotatable bonds is 4. The van der Waals surface area contributed by atoms with Gasteiger partial charge >= 0.3 is 0 Å². The maximum atomic E-state index is 14.7. The predicted octanol–water partition coefficient (Wildman–Crippen LogP) is 2.52. The van der Waals surface area contributed by atoms with Crippen molar-refractivity contribution in [3.05, 3.63) is 82.8 Å². The number of hydrogen-bond acceptors (Lipinski definition) is 7. The van der Waals surface area contributed by atoms with Crippen LogP contribution in [0.3, 0.4) is 0 Å². The summed E-state index contributed by atoms with van der Waals surface area (Å²) in [5.74, 6) is 1.22. The van der Waals surface area contributed by atoms with Crippen molar-refractivity contribution in [2.75, 3.05) is 24.5 Å². The molecule has 180 valence electrons. The van der Waals surface area contributed by atoms with E-state index in [1.165, 1.54) is 22.7 Å². The highest BCUT2D eigenvalue weighted by molar-refractivity contribution is 5.87. The molecule has 0 radical (unpaired) electrons. The molecule has 0 spiro atoms. The van der Waals surface area contributed by atoms with Gasteiger partial charge in [0.05, 0.1) is 6.20 Å². The molecule has 10 heteroatoms. The number of aromatic amines is 1. The second-order valence-corrected chi connectivity index (χ2v) is 9.60. The van der Waals surface area contributed by atoms with Crippen molar-refractivity contribution in [1.29, 1.82) is 0 Å². The Morgan fingerprint density at radius 3 is 2.89 bits per heavy atom. The zero-order valence-corrected chi connectivity index (χ0v) is 19.3. The second kappa shape index (κ2) is 7.66. The lowest BCUT2D eigenvalue weighted by atomic mass is 9.91. The smallest absolute Gasteiger partial charge is 0.257 e. The fourth-order valence-corrected chi connectivity index (χ4v) is 6.15. The fraction of sp³-hybridized carbons (Fsp3) is 0.269. The Hall–Kier alpha value is -4.18. The first-order valence-corrected chi connectivity index (χ1v) is 12.0. The molecular weight excluding hydrogens is 459 g/mol. The van der Waals surface area contributed by atoms with E-state index in [0.29, 0.717) is 35.0 Å². The lowest BCUT2D eigenvalue weighted by molar-refractivity contribution is 0.533. The van der Waals surface area contributed by atoms with Gasteiger partial charge in [-0.2, -0.15) is 5.10 Å². The molecule has 3 N–H and O–H groups in total. The number of H-pyrrole nitrogens is 1. The molecule has 0 amide bonds. The summed E-state index contributed by atoms with van der Waals surface area (Å²) in [5.41, 5.74) is 9.59. The Bertz CT molecular complexity index is 1700. The number of anilines is 1. The number of piperidine rings is 1. The SMILES string of the molecule is NC[C@]1(c2ccccc2F)[C@@H]2CCN(c3cnc4c(-c5ccc6nccc(=O)n6c5)n[nH]c4n3)C[C@@H]21. The van der Waals surface area contributed by atoms with Crippen LogP contribution in [-0.4, -0.2) is 49.2 Å². The number of benzene rings is 1. The molecule has 7 rings (SSSR count). The molecule has 1 aromatic carbocycles. The Morgan fingerprint density at radius 1 is 1.14 bits per heavy atom. The molecule has 1 saturated heterocycles. The molecular formula is C26H23FN8O. The van der Waals surface area contributed by atoms with Crippen molar-refractivity contribution in [3.63, 3.8) is 0 Å². The van der Waals surface area contributed by atoms with Crippen LogP contribution in [0.4, 0.5) is 10.2 Å². The molecule has 9 nitrogen and oxygen atoms in total. The van der Waals surface area contributed by atoms with Crippen molar-refractivity contribution in [2.24, 2.45) is 17.6 Å². The number of fused-ring (bicyclic) bond motifs is 3. The van der Waals surface area contributed by atoms with E-state index in [0.717, 1.165) is 36.5 Å². The van der Waals surface area contributed by atoms with Crippen LogP contribution in [0.5, 0.6) is 0 Å². The van der Waals surface area contributed by atoms with Crippen LogP contribution in [-0.2, 0) is 5.41 Å². The number of aromatic nitrogens is 6. The van der Waals surface area contributed by atoms with Crippen molar-refractivity contribution >= 4 is 22.6 Å². The number of pyridine rings is 1. The third-order valence-corrected chi connectivity index (χ3v) is 7.98. The van der Waals surface area contributed by atoms with E-state index >= 15 is 0 Å². The lowest BCUT2D eigenvalue weighted by Gasteiger charge is -2.26. The number of nitrogens with zero attached hydrogens (tertiary/aromatic N) is 6. The van der Waals surface area contributed by atoms with Gasteiger partial charge in [0, 0.05) is 49.1 Å². The van der Waals surface area contributed by atoms with Gasteiger partial charge in [-0.25, -0.2) is 19.3 Å². The van der Waals surface area contributed by atoms with Crippen LogP contribution in [0.25, 0.3) is 28.1 Å². The molecule has 1 saturated carbocycles. The number of nitrogens with two attached hydrogens (primary N) is 1. The Labute approximate surface area is 204 Å². The van der Waals surface area contributed by atoms with Crippen molar-refractivity contribution < 1.29 is 4.39 Å². The summed E-state index contributed by atoms with van der Waals surface area (Å²) in [6, 6.07) is 12.1. The largest absolute Gasteiger partial charge is 0.355 e. The van der Waals surface area contributed by atoms with Gasteiger partial charge < -0.3 is 10.6 Å². The number of nitrogens with one attached hydrogen (secondary N) is 1. The first-order chi connectivity index (χ1) is 17.6. The first-order valence-electron chi connectivity index (χ1n) is 12.0. The van der Waals surface area contributed by atoms with Crippen LogP contribution >= 0.6 is 0 Å². The van der Waals surface area contributed by atoms with Crippen LogP contribution in [0.2, 0.25) is 0 Å². The average Bonchev–Trinajstić information content (AvgIpc) is 3.36. The van der Waals surface area contributed by atoms with Gasteiger partial charge in [0.2, 0.25) is 0 Å². The summed E-state index contributed by atoms with van der Waals surface area (Å²) >= 11 is 0. The zero-order valence-electron chi connectivity index (χ0n) is 19.3. The summed E-state index contributed by atoms with van der Waals surface area (Å²) in [4.78, 5) is 28.1. The van der Waals surface area contributed by atoms with E-state index in [1.54, 1.807) is 24.5 Å². The van der Waals surface area contributed by atoms with E-state index in [2.05, 4.69) is 25.1 Å². The van der Waals surface area contributed by atoms with E-state index in [4.69, 9.17) is 10.7 Å². The van der Waals surface area contributed by atoms with Crippen LogP contribution in [0, 0.1) is 17.7 Å². The van der Waals surface area contributed by atoms with Crippen molar-refractivity contribution in [2.45, 2.75) is 11.8 Å². The van der Waals surface area contributed by atoms with Crippen LogP contribution in [0.15, 0.2) is 65.8 Å². The summed E-state index contributed by atoms with van der Waals surface area (Å²) < 4.78 is 16.2. The minimum Gasteiger partial charge on any atom is -0.355 e. The topological polar surface area (TPSA) is 118 Å². The van der Waals surface area contributed by atoms with Gasteiger partial charge in [0.1, 0.15) is 28.5 Å². The van der Waals surface area contributed by atoms with Gasteiger partial charge in [-0.15, -0.1) is 0 Å². The van der Waals surface area contributed by atoms with Gasteiger partial charge in [0.25, 0.3) is 5.56 Å². The third kappa shape index (κ3) is 2.94. The average molecular weight is 483 g/mol. The minimum atomic E-state index is -0.318. The molecule has 0 bridgehead atoms. The van der Waals surface area contributed by atoms with E-state index in [-0.39, 0.29) is 22.7 Å².